The molecule has 1 aromatic heterocycles. The molecule has 0 saturated carbocycles. The lowest BCUT2D eigenvalue weighted by molar-refractivity contribution is -0.115. The number of aromatic nitrogens is 1. The Labute approximate surface area is 188 Å². The molecule has 1 fully saturated rings. The van der Waals surface area contributed by atoms with Gasteiger partial charge < -0.3 is 10.2 Å². The molecule has 2 aromatic carbocycles. The van der Waals surface area contributed by atoms with Gasteiger partial charge in [-0.25, -0.2) is 4.98 Å². The second-order valence-electron chi connectivity index (χ2n) is 8.42. The van der Waals surface area contributed by atoms with Crippen molar-refractivity contribution in [3.05, 3.63) is 70.2 Å². The van der Waals surface area contributed by atoms with Crippen molar-refractivity contribution in [1.29, 1.82) is 0 Å². The van der Waals surface area contributed by atoms with Crippen LogP contribution in [0.2, 0.25) is 0 Å². The summed E-state index contributed by atoms with van der Waals surface area (Å²) in [7, 11) is 2.18. The second-order valence-corrected chi connectivity index (χ2v) is 9.27. The Hall–Kier alpha value is -2.54. The number of hydrogen-bond acceptors (Lipinski definition) is 5. The van der Waals surface area contributed by atoms with E-state index in [1.807, 2.05) is 37.4 Å². The molecule has 0 radical (unpaired) electrons. The molecule has 1 saturated heterocycles. The van der Waals surface area contributed by atoms with Gasteiger partial charge in [0.1, 0.15) is 5.01 Å². The highest BCUT2D eigenvalue weighted by atomic mass is 32.1. The molecule has 1 aliphatic heterocycles. The molecule has 162 valence electrons. The molecule has 5 nitrogen and oxygen atoms in total. The normalized spacial score (nSPS) is 15.2. The van der Waals surface area contributed by atoms with Gasteiger partial charge in [0, 0.05) is 49.4 Å². The Bertz CT molecular complexity index is 1030. The van der Waals surface area contributed by atoms with Crippen LogP contribution in [-0.4, -0.2) is 53.9 Å². The van der Waals surface area contributed by atoms with E-state index >= 15 is 0 Å². The molecule has 2 heterocycles. The van der Waals surface area contributed by atoms with Crippen molar-refractivity contribution in [2.45, 2.75) is 26.8 Å². The molecule has 0 unspecified atom stereocenters. The van der Waals surface area contributed by atoms with Crippen LogP contribution in [0, 0.1) is 13.8 Å². The van der Waals surface area contributed by atoms with Gasteiger partial charge >= 0.3 is 0 Å². The van der Waals surface area contributed by atoms with Crippen molar-refractivity contribution in [1.82, 2.24) is 14.8 Å². The van der Waals surface area contributed by atoms with E-state index in [2.05, 4.69) is 46.4 Å². The number of nitrogens with one attached hydrogen (secondary N) is 1. The SMILES string of the molecule is Cc1cccc(C)c1NC(=O)Cc1csc(-c2cccc(CN3CCN(C)CC3)c2)n1. The molecule has 4 rings (SSSR count). The Kier molecular flexibility index (Phi) is 6.80. The summed E-state index contributed by atoms with van der Waals surface area (Å²) in [5.74, 6) is -0.0296. The van der Waals surface area contributed by atoms with Crippen LogP contribution >= 0.6 is 11.3 Å². The van der Waals surface area contributed by atoms with E-state index in [0.29, 0.717) is 0 Å². The van der Waals surface area contributed by atoms with E-state index in [4.69, 9.17) is 4.98 Å². The van der Waals surface area contributed by atoms with Crippen molar-refractivity contribution >= 4 is 22.9 Å². The third-order valence-electron chi connectivity index (χ3n) is 5.81. The minimum atomic E-state index is -0.0296. The fraction of sp³-hybridized carbons (Fsp3) is 0.360. The molecular formula is C25H30N4OS. The third-order valence-corrected chi connectivity index (χ3v) is 6.76. The molecule has 0 spiro atoms. The van der Waals surface area contributed by atoms with E-state index in [1.165, 1.54) is 5.56 Å². The molecule has 1 aliphatic rings. The molecule has 0 atom stereocenters. The largest absolute Gasteiger partial charge is 0.325 e. The first kappa shape index (κ1) is 21.7. The predicted molar refractivity (Wildman–Crippen MR) is 129 cm³/mol. The molecule has 0 aliphatic carbocycles. The summed E-state index contributed by atoms with van der Waals surface area (Å²) in [5, 5.41) is 6.01. The van der Waals surface area contributed by atoms with Gasteiger partial charge in [-0.05, 0) is 43.7 Å². The number of para-hydroxylation sites is 1. The number of anilines is 1. The number of rotatable bonds is 6. The van der Waals surface area contributed by atoms with Gasteiger partial charge in [0.15, 0.2) is 0 Å². The monoisotopic (exact) mass is 434 g/mol. The number of carbonyl (C=O) groups is 1. The zero-order valence-corrected chi connectivity index (χ0v) is 19.3. The Morgan fingerprint density at radius 2 is 1.77 bits per heavy atom. The summed E-state index contributed by atoms with van der Waals surface area (Å²) in [4.78, 5) is 22.2. The summed E-state index contributed by atoms with van der Waals surface area (Å²) >= 11 is 1.60. The van der Waals surface area contributed by atoms with Crippen LogP contribution in [0.3, 0.4) is 0 Å². The lowest BCUT2D eigenvalue weighted by atomic mass is 10.1. The van der Waals surface area contributed by atoms with Crippen molar-refractivity contribution in [2.24, 2.45) is 0 Å². The number of thiazole rings is 1. The van der Waals surface area contributed by atoms with Gasteiger partial charge in [-0.1, -0.05) is 36.4 Å². The van der Waals surface area contributed by atoms with E-state index in [1.54, 1.807) is 11.3 Å². The van der Waals surface area contributed by atoms with Crippen molar-refractivity contribution in [3.8, 4) is 10.6 Å². The zero-order chi connectivity index (χ0) is 21.8. The topological polar surface area (TPSA) is 48.5 Å². The second kappa shape index (κ2) is 9.73. The number of likely N-dealkylation sites (N-methyl/N-ethyl adjacent to an activating group) is 1. The molecule has 31 heavy (non-hydrogen) atoms. The highest BCUT2D eigenvalue weighted by Crippen LogP contribution is 2.26. The first-order valence-corrected chi connectivity index (χ1v) is 11.7. The molecular weight excluding hydrogens is 404 g/mol. The summed E-state index contributed by atoms with van der Waals surface area (Å²) in [6, 6.07) is 14.7. The van der Waals surface area contributed by atoms with Gasteiger partial charge in [-0.3, -0.25) is 9.69 Å². The quantitative estimate of drug-likeness (QED) is 0.626. The number of piperazine rings is 1. The Morgan fingerprint density at radius 3 is 2.52 bits per heavy atom. The number of nitrogens with zero attached hydrogens (tertiary/aromatic N) is 3. The van der Waals surface area contributed by atoms with Crippen LogP contribution < -0.4 is 5.32 Å². The molecule has 1 amide bonds. The van der Waals surface area contributed by atoms with Crippen LogP contribution in [0.1, 0.15) is 22.4 Å². The van der Waals surface area contributed by atoms with Gasteiger partial charge in [0.2, 0.25) is 5.91 Å². The van der Waals surface area contributed by atoms with Crippen LogP contribution in [-0.2, 0) is 17.8 Å². The van der Waals surface area contributed by atoms with Crippen molar-refractivity contribution in [3.63, 3.8) is 0 Å². The molecule has 3 aromatic rings. The van der Waals surface area contributed by atoms with Crippen molar-refractivity contribution in [2.75, 3.05) is 38.5 Å². The summed E-state index contributed by atoms with van der Waals surface area (Å²) in [6.07, 6.45) is 0.283. The van der Waals surface area contributed by atoms with Gasteiger partial charge in [0.05, 0.1) is 12.1 Å². The number of benzene rings is 2. The van der Waals surface area contributed by atoms with Gasteiger partial charge in [-0.2, -0.15) is 0 Å². The number of hydrogen-bond donors (Lipinski definition) is 1. The summed E-state index contributed by atoms with van der Waals surface area (Å²) < 4.78 is 0. The average Bonchev–Trinajstić information content (AvgIpc) is 3.21. The van der Waals surface area contributed by atoms with Crippen molar-refractivity contribution < 1.29 is 4.79 Å². The maximum Gasteiger partial charge on any atom is 0.230 e. The summed E-state index contributed by atoms with van der Waals surface area (Å²) in [6.45, 7) is 9.46. The van der Waals surface area contributed by atoms with E-state index < -0.39 is 0 Å². The Morgan fingerprint density at radius 1 is 1.06 bits per heavy atom. The number of amides is 1. The first-order valence-electron chi connectivity index (χ1n) is 10.8. The zero-order valence-electron chi connectivity index (χ0n) is 18.5. The fourth-order valence-electron chi connectivity index (χ4n) is 3.95. The maximum atomic E-state index is 12.6. The standard InChI is InChI=1S/C25H30N4OS/c1-18-6-4-7-19(2)24(18)27-23(30)15-22-17-31-25(26-22)21-9-5-8-20(14-21)16-29-12-10-28(3)11-13-29/h4-9,14,17H,10-13,15-16H2,1-3H3,(H,27,30). The smallest absolute Gasteiger partial charge is 0.230 e. The molecule has 1 N–H and O–H groups in total. The van der Waals surface area contributed by atoms with Crippen LogP contribution in [0.4, 0.5) is 5.69 Å². The maximum absolute atomic E-state index is 12.6. The number of carbonyl (C=O) groups excluding carboxylic acids is 1. The highest BCUT2D eigenvalue weighted by molar-refractivity contribution is 7.13. The number of aryl methyl sites for hydroxylation is 2. The highest BCUT2D eigenvalue weighted by Gasteiger charge is 2.15. The third kappa shape index (κ3) is 5.58. The molecule has 6 heteroatoms. The van der Waals surface area contributed by atoms with E-state index in [9.17, 15) is 4.79 Å². The minimum absolute atomic E-state index is 0.0296. The fourth-order valence-corrected chi connectivity index (χ4v) is 4.76. The molecule has 0 bridgehead atoms. The lowest BCUT2D eigenvalue weighted by Gasteiger charge is -2.32. The van der Waals surface area contributed by atoms with E-state index in [-0.39, 0.29) is 12.3 Å². The minimum Gasteiger partial charge on any atom is -0.325 e. The van der Waals surface area contributed by atoms with Gasteiger partial charge in [-0.15, -0.1) is 11.3 Å². The van der Waals surface area contributed by atoms with Crippen LogP contribution in [0.5, 0.6) is 0 Å². The predicted octanol–water partition coefficient (Wildman–Crippen LogP) is 4.36. The van der Waals surface area contributed by atoms with Gasteiger partial charge in [0.25, 0.3) is 0 Å². The average molecular weight is 435 g/mol. The van der Waals surface area contributed by atoms with Crippen LogP contribution in [0.25, 0.3) is 10.6 Å². The van der Waals surface area contributed by atoms with E-state index in [0.717, 1.165) is 65.8 Å². The van der Waals surface area contributed by atoms with Crippen LogP contribution in [0.15, 0.2) is 47.8 Å². The Balaban J connectivity index is 1.40. The summed E-state index contributed by atoms with van der Waals surface area (Å²) in [5.41, 5.74) is 6.30. The lowest BCUT2D eigenvalue weighted by Crippen LogP contribution is -2.43. The first-order chi connectivity index (χ1) is 15.0.